The fourth-order valence-corrected chi connectivity index (χ4v) is 56.8. The maximum absolute atomic E-state index is 2.99. The van der Waals surface area contributed by atoms with Gasteiger partial charge in [-0.2, -0.15) is 0 Å². The van der Waals surface area contributed by atoms with Crippen molar-refractivity contribution in [3.8, 4) is 19.5 Å². The molecule has 0 bridgehead atoms. The first kappa shape index (κ1) is 63.2. The topological polar surface area (TPSA) is 0 Å². The van der Waals surface area contributed by atoms with Gasteiger partial charge >= 0.3 is 327 Å². The number of unbranched alkanes of at least 4 members (excludes halogenated alkanes) is 18. The number of rotatable bonds is 40. The number of fused-ring (bicyclic) bond motifs is 6. The summed E-state index contributed by atoms with van der Waals surface area (Å²) in [6, 6.07) is 10.9. The van der Waals surface area contributed by atoms with Crippen molar-refractivity contribution in [2.24, 2.45) is 0 Å². The molecule has 0 atom stereocenters. The average Bonchev–Trinajstić information content (AvgIpc) is 4.27. The van der Waals surface area contributed by atoms with Gasteiger partial charge in [-0.25, -0.2) is 0 Å². The maximum atomic E-state index is 2.99. The van der Waals surface area contributed by atoms with E-state index in [0.29, 0.717) is 10.8 Å². The Kier molecular flexibility index (Phi) is 29.6. The van der Waals surface area contributed by atoms with Gasteiger partial charge in [0.05, 0.1) is 0 Å². The molecule has 2 aliphatic rings. The van der Waals surface area contributed by atoms with Gasteiger partial charge in [-0.3, -0.25) is 0 Å². The summed E-state index contributed by atoms with van der Waals surface area (Å²) >= 11 is 3.68. The summed E-state index contributed by atoms with van der Waals surface area (Å²) in [5, 5.41) is 4.64. The predicted molar refractivity (Wildman–Crippen MR) is 341 cm³/mol. The van der Waals surface area contributed by atoms with Crippen molar-refractivity contribution >= 4 is 87.9 Å². The van der Waals surface area contributed by atoms with Gasteiger partial charge in [-0.15, -0.1) is 22.7 Å². The fraction of sp³-hybridized carbons (Fsp3) is 0.758. The summed E-state index contributed by atoms with van der Waals surface area (Å²) in [6.07, 6.45) is 44.8. The van der Waals surface area contributed by atoms with E-state index in [1.165, 1.54) is 205 Å². The van der Waals surface area contributed by atoms with Gasteiger partial charge in [0, 0.05) is 15.2 Å². The van der Waals surface area contributed by atoms with Gasteiger partial charge < -0.3 is 0 Å². The molecule has 0 saturated heterocycles. The van der Waals surface area contributed by atoms with E-state index in [4.69, 9.17) is 0 Å². The molecule has 0 radical (unpaired) electrons. The molecule has 4 aromatic rings. The Morgan fingerprint density at radius 1 is 0.306 bits per heavy atom. The molecule has 2 aliphatic carbocycles. The summed E-state index contributed by atoms with van der Waals surface area (Å²) in [6.45, 7) is 24.1. The second-order valence-corrected chi connectivity index (χ2v) is 55.9. The molecule has 0 fully saturated rings. The summed E-state index contributed by atoms with van der Waals surface area (Å²) in [4.78, 5) is 6.81. The van der Waals surface area contributed by atoms with Crippen molar-refractivity contribution in [2.75, 3.05) is 0 Å². The molecule has 72 heavy (non-hydrogen) atoms. The Morgan fingerprint density at radius 2 is 0.569 bits per heavy atom. The SMILES string of the molecule is CCCCCCC1(CCCCCC)c2c[c]([Sn]([CH2]CCC)([CH2]CCC)[CH2]CCC)sc2-c2s[c]([Sn]([CH2]CCC)([CH2]CCC)[CH2]CCC)cc21.CCCCCCC1(CCCCCC)c2ccsc2-c2sccc21. The van der Waals surface area contributed by atoms with Crippen LogP contribution in [0.25, 0.3) is 19.5 Å². The van der Waals surface area contributed by atoms with E-state index in [1.807, 2.05) is 49.3 Å². The van der Waals surface area contributed by atoms with E-state index >= 15 is 0 Å². The van der Waals surface area contributed by atoms with E-state index in [1.54, 1.807) is 47.5 Å². The molecule has 0 nitrogen and oxygen atoms in total. The smallest absolute Gasteiger partial charge is 0.0486 e. The van der Waals surface area contributed by atoms with Crippen LogP contribution in [0.3, 0.4) is 0 Å². The standard InChI is InChI=1S/C21H30S2.C21H28S2.6C4H9.2Sn/c2*1-3-5-7-9-13-21(14-10-8-6-4-2)17-11-15-22-19(17)20-18(21)12-16-23-20;6*1-3-4-2;;/h11-12,15-16H,3-10,13-14H2,1-2H3;11-12H,3-10,13-14H2,1-2H3;6*1,3-4H2,2H3;;. The Morgan fingerprint density at radius 3 is 0.833 bits per heavy atom. The Hall–Kier alpha value is 0.397. The van der Waals surface area contributed by atoms with Gasteiger partial charge in [0.25, 0.3) is 0 Å². The van der Waals surface area contributed by atoms with Crippen molar-refractivity contribution in [1.82, 2.24) is 0 Å². The maximum Gasteiger partial charge on any atom is 0.0486 e. The minimum atomic E-state index is -2.54. The molecule has 0 N–H and O–H groups in total. The zero-order valence-corrected chi connectivity index (χ0v) is 57.9. The number of hydrogen-bond acceptors (Lipinski definition) is 4. The molecule has 0 spiro atoms. The Bertz CT molecular complexity index is 1850. The quantitative estimate of drug-likeness (QED) is 0.0308. The molecule has 0 aromatic carbocycles. The first-order chi connectivity index (χ1) is 35.2. The summed E-state index contributed by atoms with van der Waals surface area (Å²) in [5.41, 5.74) is 7.71. The van der Waals surface area contributed by atoms with E-state index in [9.17, 15) is 0 Å². The van der Waals surface area contributed by atoms with Crippen LogP contribution in [0.1, 0.15) is 297 Å². The van der Waals surface area contributed by atoms with Crippen LogP contribution in [0.15, 0.2) is 35.0 Å². The first-order valence-corrected chi connectivity index (χ1v) is 50.1. The normalized spacial score (nSPS) is 14.4. The summed E-state index contributed by atoms with van der Waals surface area (Å²) < 4.78 is 13.7. The van der Waals surface area contributed by atoms with Crippen LogP contribution in [0.4, 0.5) is 0 Å². The van der Waals surface area contributed by atoms with Crippen LogP contribution in [0.5, 0.6) is 0 Å². The predicted octanol–water partition coefficient (Wildman–Crippen LogP) is 24.1. The average molecular weight is 1270 g/mol. The van der Waals surface area contributed by atoms with E-state index < -0.39 is 36.8 Å². The van der Waals surface area contributed by atoms with E-state index in [0.717, 1.165) is 0 Å². The first-order valence-electron chi connectivity index (χ1n) is 31.7. The van der Waals surface area contributed by atoms with Gasteiger partial charge in [-0.1, -0.05) is 65.2 Å². The van der Waals surface area contributed by atoms with Crippen molar-refractivity contribution in [3.63, 3.8) is 0 Å². The van der Waals surface area contributed by atoms with Crippen LogP contribution < -0.4 is 5.79 Å². The molecular weight excluding hydrogens is 1160 g/mol. The molecule has 0 aliphatic heterocycles. The van der Waals surface area contributed by atoms with E-state index in [-0.39, 0.29) is 0 Å². The molecule has 6 heteroatoms. The van der Waals surface area contributed by atoms with Crippen LogP contribution in [-0.2, 0) is 10.8 Å². The molecule has 0 unspecified atom stereocenters. The van der Waals surface area contributed by atoms with Gasteiger partial charge in [0.2, 0.25) is 0 Å². The molecular formula is C66H112S4Sn2. The van der Waals surface area contributed by atoms with Gasteiger partial charge in [0.1, 0.15) is 0 Å². The second-order valence-electron chi connectivity index (χ2n) is 23.6. The molecule has 4 aromatic heterocycles. The van der Waals surface area contributed by atoms with E-state index in [2.05, 4.69) is 127 Å². The van der Waals surface area contributed by atoms with Crippen LogP contribution in [0.2, 0.25) is 26.6 Å². The van der Waals surface area contributed by atoms with Crippen molar-refractivity contribution < 1.29 is 0 Å². The third-order valence-electron chi connectivity index (χ3n) is 18.2. The Balaban J connectivity index is 0.000000345. The van der Waals surface area contributed by atoms with Gasteiger partial charge in [0.15, 0.2) is 0 Å². The van der Waals surface area contributed by atoms with Crippen LogP contribution >= 0.6 is 45.3 Å². The van der Waals surface area contributed by atoms with Crippen LogP contribution in [-0.4, -0.2) is 36.8 Å². The second kappa shape index (κ2) is 33.7. The molecule has 6 rings (SSSR count). The zero-order valence-electron chi connectivity index (χ0n) is 49.0. The Labute approximate surface area is 472 Å². The fourth-order valence-electron chi connectivity index (χ4n) is 13.7. The van der Waals surface area contributed by atoms with Crippen LogP contribution in [0, 0.1) is 0 Å². The van der Waals surface area contributed by atoms with Crippen molar-refractivity contribution in [2.45, 2.75) is 312 Å². The van der Waals surface area contributed by atoms with Crippen molar-refractivity contribution in [3.05, 3.63) is 57.3 Å². The molecule has 0 amide bonds. The third kappa shape index (κ3) is 15.8. The van der Waals surface area contributed by atoms with Crippen molar-refractivity contribution in [1.29, 1.82) is 0 Å². The molecule has 4 heterocycles. The number of thiophene rings is 4. The zero-order chi connectivity index (χ0) is 51.7. The minimum absolute atomic E-state index is 0.297. The largest absolute Gasteiger partial charge is 0.143 e. The van der Waals surface area contributed by atoms with Gasteiger partial charge in [-0.05, 0) is 46.9 Å². The summed E-state index contributed by atoms with van der Waals surface area (Å²) in [7, 11) is 0. The summed E-state index contributed by atoms with van der Waals surface area (Å²) in [5.74, 6) is 0. The molecule has 0 saturated carbocycles. The number of hydrogen-bond donors (Lipinski definition) is 0. The third-order valence-corrected chi connectivity index (χ3v) is 59.0. The molecule has 408 valence electrons. The minimum Gasteiger partial charge on any atom is -0.143 e. The monoisotopic (exact) mass is 1270 g/mol.